The molecule has 2 aliphatic heterocycles. The minimum absolute atomic E-state index is 0.209. The molecule has 0 spiro atoms. The minimum atomic E-state index is -0.764. The first kappa shape index (κ1) is 23.6. The highest BCUT2D eigenvalue weighted by molar-refractivity contribution is 5.91. The maximum absolute atomic E-state index is 13.0. The van der Waals surface area contributed by atoms with Crippen LogP contribution in [0.1, 0.15) is 76.5 Å². The number of nitriles is 1. The minimum Gasteiger partial charge on any atom is -0.499 e. The van der Waals surface area contributed by atoms with E-state index in [1.807, 2.05) is 0 Å². The van der Waals surface area contributed by atoms with Gasteiger partial charge in [-0.15, -0.1) is 0 Å². The summed E-state index contributed by atoms with van der Waals surface area (Å²) >= 11 is 0. The molecule has 1 amide bonds. The fraction of sp³-hybridized carbons (Fsp3) is 0.560. The molecule has 1 aromatic rings. The van der Waals surface area contributed by atoms with Crippen LogP contribution in [0.2, 0.25) is 0 Å². The van der Waals surface area contributed by atoms with Gasteiger partial charge in [0.05, 0.1) is 25.3 Å². The smallest absolute Gasteiger partial charge is 0.303 e. The number of rotatable bonds is 9. The van der Waals surface area contributed by atoms with Crippen molar-refractivity contribution in [3.8, 4) is 11.8 Å². The van der Waals surface area contributed by atoms with Crippen molar-refractivity contribution in [3.63, 3.8) is 0 Å². The van der Waals surface area contributed by atoms with Gasteiger partial charge >= 0.3 is 5.97 Å². The van der Waals surface area contributed by atoms with Gasteiger partial charge in [-0.3, -0.25) is 9.59 Å². The number of hydrogen-bond donors (Lipinski definition) is 0. The van der Waals surface area contributed by atoms with Crippen LogP contribution in [0.5, 0.6) is 5.75 Å². The van der Waals surface area contributed by atoms with Gasteiger partial charge in [-0.1, -0.05) is 26.7 Å². The van der Waals surface area contributed by atoms with E-state index in [-0.39, 0.29) is 12.5 Å². The molecular formula is C25H32N2O5. The summed E-state index contributed by atoms with van der Waals surface area (Å²) in [6, 6.07) is 6.83. The number of nitrogens with zero attached hydrogens (tertiary/aromatic N) is 2. The molecule has 2 atom stereocenters. The number of methoxy groups -OCH3 is 1. The molecule has 0 saturated heterocycles. The standard InChI is InChI=1S/C25H32N2O5/c1-5-7-11-25(12-8-6-2)24(31-17(3)28)23(27-16-19(30-4)14-22(27)29)20-13-18(15-26)9-10-21(20)32-25/h9-10,13-14,23-24H,5-8,11-12,16H2,1-4H3/t23-,24+/m0/s1. The van der Waals surface area contributed by atoms with Crippen LogP contribution < -0.4 is 4.74 Å². The van der Waals surface area contributed by atoms with Crippen LogP contribution in [0.15, 0.2) is 30.0 Å². The maximum Gasteiger partial charge on any atom is 0.303 e. The molecule has 2 heterocycles. The summed E-state index contributed by atoms with van der Waals surface area (Å²) < 4.78 is 18.0. The SMILES string of the molecule is CCCCC1(CCCC)Oc2ccc(C#N)cc2[C@H](N2CC(OC)=CC2=O)[C@H]1OC(C)=O. The van der Waals surface area contributed by atoms with E-state index in [2.05, 4.69) is 19.9 Å². The Morgan fingerprint density at radius 3 is 2.50 bits per heavy atom. The van der Waals surface area contributed by atoms with E-state index in [1.54, 1.807) is 23.1 Å². The molecule has 0 fully saturated rings. The summed E-state index contributed by atoms with van der Waals surface area (Å²) in [7, 11) is 1.53. The molecule has 0 radical (unpaired) electrons. The second kappa shape index (κ2) is 10.1. The van der Waals surface area contributed by atoms with Gasteiger partial charge in [0.1, 0.15) is 23.2 Å². The van der Waals surface area contributed by atoms with E-state index >= 15 is 0 Å². The third-order valence-corrected chi connectivity index (χ3v) is 6.27. The molecule has 172 valence electrons. The first-order valence-electron chi connectivity index (χ1n) is 11.3. The van der Waals surface area contributed by atoms with Crippen LogP contribution in [-0.4, -0.2) is 42.1 Å². The van der Waals surface area contributed by atoms with Crippen LogP contribution in [0.3, 0.4) is 0 Å². The van der Waals surface area contributed by atoms with E-state index in [0.29, 0.717) is 35.5 Å². The Kier molecular flexibility index (Phi) is 7.44. The van der Waals surface area contributed by atoms with Crippen molar-refractivity contribution in [3.05, 3.63) is 41.2 Å². The number of carbonyl (C=O) groups excluding carboxylic acids is 2. The number of benzene rings is 1. The Morgan fingerprint density at radius 2 is 1.97 bits per heavy atom. The lowest BCUT2D eigenvalue weighted by atomic mass is 9.76. The van der Waals surface area contributed by atoms with Gasteiger partial charge in [-0.05, 0) is 43.9 Å². The highest BCUT2D eigenvalue weighted by Gasteiger charge is 2.54. The number of hydrogen-bond acceptors (Lipinski definition) is 6. The summed E-state index contributed by atoms with van der Waals surface area (Å²) in [5, 5.41) is 9.48. The van der Waals surface area contributed by atoms with Crippen molar-refractivity contribution in [2.45, 2.75) is 77.0 Å². The fourth-order valence-electron chi connectivity index (χ4n) is 4.69. The first-order chi connectivity index (χ1) is 15.4. The topological polar surface area (TPSA) is 88.9 Å². The van der Waals surface area contributed by atoms with Crippen LogP contribution in [0.25, 0.3) is 0 Å². The predicted molar refractivity (Wildman–Crippen MR) is 119 cm³/mol. The Labute approximate surface area is 189 Å². The van der Waals surface area contributed by atoms with Crippen LogP contribution in [0, 0.1) is 11.3 Å². The van der Waals surface area contributed by atoms with Gasteiger partial charge in [0.2, 0.25) is 0 Å². The number of unbranched alkanes of at least 4 members (excludes halogenated alkanes) is 2. The number of ether oxygens (including phenoxy) is 3. The Balaban J connectivity index is 2.19. The van der Waals surface area contributed by atoms with Crippen LogP contribution in [0.4, 0.5) is 0 Å². The quantitative estimate of drug-likeness (QED) is 0.528. The molecule has 0 saturated carbocycles. The van der Waals surface area contributed by atoms with Crippen molar-refractivity contribution < 1.29 is 23.8 Å². The molecule has 0 unspecified atom stereocenters. The third kappa shape index (κ3) is 4.59. The summed E-state index contributed by atoms with van der Waals surface area (Å²) in [4.78, 5) is 26.9. The molecule has 7 heteroatoms. The highest BCUT2D eigenvalue weighted by atomic mass is 16.6. The molecular weight excluding hydrogens is 408 g/mol. The van der Waals surface area contributed by atoms with Crippen molar-refractivity contribution in [2.24, 2.45) is 0 Å². The second-order valence-corrected chi connectivity index (χ2v) is 8.49. The fourth-order valence-corrected chi connectivity index (χ4v) is 4.69. The molecule has 0 aromatic heterocycles. The van der Waals surface area contributed by atoms with E-state index in [9.17, 15) is 14.9 Å². The number of carbonyl (C=O) groups is 2. The van der Waals surface area contributed by atoms with Crippen molar-refractivity contribution in [1.29, 1.82) is 5.26 Å². The van der Waals surface area contributed by atoms with Gasteiger partial charge in [0.15, 0.2) is 6.10 Å². The van der Waals surface area contributed by atoms with E-state index in [1.165, 1.54) is 20.1 Å². The Bertz CT molecular complexity index is 925. The van der Waals surface area contributed by atoms with Crippen molar-refractivity contribution in [2.75, 3.05) is 13.7 Å². The molecule has 7 nitrogen and oxygen atoms in total. The lowest BCUT2D eigenvalue weighted by Crippen LogP contribution is -2.59. The Hall–Kier alpha value is -3.01. The lowest BCUT2D eigenvalue weighted by molar-refractivity contribution is -0.178. The average molecular weight is 441 g/mol. The monoisotopic (exact) mass is 440 g/mol. The Morgan fingerprint density at radius 1 is 1.28 bits per heavy atom. The van der Waals surface area contributed by atoms with Crippen molar-refractivity contribution in [1.82, 2.24) is 4.90 Å². The number of esters is 1. The molecule has 0 bridgehead atoms. The highest BCUT2D eigenvalue weighted by Crippen LogP contribution is 2.49. The van der Waals surface area contributed by atoms with Crippen LogP contribution >= 0.6 is 0 Å². The second-order valence-electron chi connectivity index (χ2n) is 8.49. The predicted octanol–water partition coefficient (Wildman–Crippen LogP) is 4.42. The molecule has 1 aromatic carbocycles. The summed E-state index contributed by atoms with van der Waals surface area (Å²) in [6.45, 7) is 5.88. The van der Waals surface area contributed by atoms with Crippen molar-refractivity contribution >= 4 is 11.9 Å². The van der Waals surface area contributed by atoms with E-state index in [4.69, 9.17) is 14.2 Å². The van der Waals surface area contributed by atoms with Gasteiger partial charge in [0, 0.05) is 18.6 Å². The summed E-state index contributed by atoms with van der Waals surface area (Å²) in [5.74, 6) is 0.545. The normalized spacial score (nSPS) is 21.3. The molecule has 2 aliphatic rings. The molecule has 32 heavy (non-hydrogen) atoms. The zero-order chi connectivity index (χ0) is 23.3. The van der Waals surface area contributed by atoms with Gasteiger partial charge in [0.25, 0.3) is 5.91 Å². The molecule has 3 rings (SSSR count). The van der Waals surface area contributed by atoms with Crippen LogP contribution in [-0.2, 0) is 19.1 Å². The third-order valence-electron chi connectivity index (χ3n) is 6.27. The molecule has 0 aliphatic carbocycles. The average Bonchev–Trinajstić information content (AvgIpc) is 3.16. The lowest BCUT2D eigenvalue weighted by Gasteiger charge is -2.50. The largest absolute Gasteiger partial charge is 0.499 e. The van der Waals surface area contributed by atoms with E-state index < -0.39 is 23.7 Å². The summed E-state index contributed by atoms with van der Waals surface area (Å²) in [6.07, 6.45) is 5.89. The number of amides is 1. The number of fused-ring (bicyclic) bond motifs is 1. The first-order valence-corrected chi connectivity index (χ1v) is 11.3. The van der Waals surface area contributed by atoms with Gasteiger partial charge in [-0.2, -0.15) is 5.26 Å². The van der Waals surface area contributed by atoms with E-state index in [0.717, 1.165) is 25.7 Å². The zero-order valence-corrected chi connectivity index (χ0v) is 19.3. The van der Waals surface area contributed by atoms with Gasteiger partial charge in [-0.25, -0.2) is 0 Å². The summed E-state index contributed by atoms with van der Waals surface area (Å²) in [5.41, 5.74) is 0.373. The molecule has 0 N–H and O–H groups in total. The zero-order valence-electron chi connectivity index (χ0n) is 19.3. The maximum atomic E-state index is 13.0. The van der Waals surface area contributed by atoms with Gasteiger partial charge < -0.3 is 19.1 Å².